The molecule has 4 heteroatoms. The van der Waals surface area contributed by atoms with Gasteiger partial charge in [0.1, 0.15) is 5.82 Å². The van der Waals surface area contributed by atoms with E-state index in [-0.39, 0.29) is 11.5 Å². The van der Waals surface area contributed by atoms with Crippen molar-refractivity contribution in [3.63, 3.8) is 0 Å². The monoisotopic (exact) mass is 282 g/mol. The average Bonchev–Trinajstić information content (AvgIpc) is 2.62. The first-order valence-electron chi connectivity index (χ1n) is 5.78. The van der Waals surface area contributed by atoms with E-state index in [9.17, 15) is 5.11 Å². The molecule has 1 aliphatic carbocycles. The third kappa shape index (κ3) is 1.55. The Labute approximate surface area is 103 Å². The summed E-state index contributed by atoms with van der Waals surface area (Å²) in [7, 11) is 0. The van der Waals surface area contributed by atoms with Gasteiger partial charge in [-0.1, -0.05) is 0 Å². The Kier molecular flexibility index (Phi) is 2.44. The van der Waals surface area contributed by atoms with Gasteiger partial charge in [0.25, 0.3) is 0 Å². The van der Waals surface area contributed by atoms with Crippen molar-refractivity contribution >= 4 is 21.7 Å². The molecule has 86 valence electrons. The van der Waals surface area contributed by atoms with Crippen LogP contribution in [0.5, 0.6) is 0 Å². The van der Waals surface area contributed by atoms with Gasteiger partial charge < -0.3 is 10.4 Å². The van der Waals surface area contributed by atoms with Crippen molar-refractivity contribution in [2.24, 2.45) is 0 Å². The lowest BCUT2D eigenvalue weighted by molar-refractivity contribution is 0.101. The smallest absolute Gasteiger partial charge is 0.129 e. The normalized spacial score (nSPS) is 32.5. The molecule has 1 saturated carbocycles. The first-order chi connectivity index (χ1) is 7.70. The lowest BCUT2D eigenvalue weighted by Crippen LogP contribution is -2.35. The second kappa shape index (κ2) is 3.70. The number of anilines is 1. The fraction of sp³-hybridized carbons (Fsp3) is 0.583. The zero-order chi connectivity index (χ0) is 11.2. The maximum atomic E-state index is 9.61. The van der Waals surface area contributed by atoms with E-state index >= 15 is 0 Å². The number of pyridine rings is 1. The molecule has 0 amide bonds. The molecule has 16 heavy (non-hydrogen) atoms. The molecule has 0 radical (unpaired) electrons. The van der Waals surface area contributed by atoms with Crippen LogP contribution in [0.25, 0.3) is 0 Å². The molecule has 1 aliphatic heterocycles. The van der Waals surface area contributed by atoms with Crippen LogP contribution in [-0.4, -0.2) is 22.7 Å². The van der Waals surface area contributed by atoms with E-state index in [0.29, 0.717) is 0 Å². The van der Waals surface area contributed by atoms with E-state index in [1.807, 2.05) is 6.20 Å². The van der Waals surface area contributed by atoms with Gasteiger partial charge in [-0.05, 0) is 47.7 Å². The van der Waals surface area contributed by atoms with Gasteiger partial charge in [0.2, 0.25) is 0 Å². The van der Waals surface area contributed by atoms with E-state index in [1.54, 1.807) is 0 Å². The molecule has 0 unspecified atom stereocenters. The molecular weight excluding hydrogens is 268 g/mol. The van der Waals surface area contributed by atoms with Crippen LogP contribution < -0.4 is 5.32 Å². The molecule has 2 aliphatic rings. The first-order valence-corrected chi connectivity index (χ1v) is 6.57. The molecule has 0 saturated heterocycles. The number of hydrogen-bond acceptors (Lipinski definition) is 3. The van der Waals surface area contributed by atoms with Crippen molar-refractivity contribution < 1.29 is 5.11 Å². The summed E-state index contributed by atoms with van der Waals surface area (Å²) < 4.78 is 1.04. The summed E-state index contributed by atoms with van der Waals surface area (Å²) in [6, 6.07) is 2.18. The molecule has 1 aromatic rings. The number of aromatic nitrogens is 1. The number of nitrogens with one attached hydrogen (secondary N) is 1. The summed E-state index contributed by atoms with van der Waals surface area (Å²) in [6.45, 7) is 0.971. The topological polar surface area (TPSA) is 45.1 Å². The van der Waals surface area contributed by atoms with Gasteiger partial charge in [0.05, 0.1) is 6.10 Å². The van der Waals surface area contributed by atoms with Gasteiger partial charge in [-0.25, -0.2) is 4.98 Å². The van der Waals surface area contributed by atoms with Crippen LogP contribution in [0, 0.1) is 0 Å². The van der Waals surface area contributed by atoms with Crippen molar-refractivity contribution in [3.8, 4) is 0 Å². The van der Waals surface area contributed by atoms with Gasteiger partial charge in [-0.15, -0.1) is 0 Å². The number of hydrogen-bond donors (Lipinski definition) is 2. The highest BCUT2D eigenvalue weighted by Gasteiger charge is 2.42. The second-order valence-electron chi connectivity index (χ2n) is 4.91. The van der Waals surface area contributed by atoms with E-state index in [2.05, 4.69) is 32.3 Å². The summed E-state index contributed by atoms with van der Waals surface area (Å²) in [5.41, 5.74) is 1.54. The van der Waals surface area contributed by atoms with Crippen LogP contribution in [0.2, 0.25) is 0 Å². The Morgan fingerprint density at radius 1 is 1.44 bits per heavy atom. The lowest BCUT2D eigenvalue weighted by Gasteiger charge is -2.35. The van der Waals surface area contributed by atoms with Gasteiger partial charge in [-0.3, -0.25) is 0 Å². The lowest BCUT2D eigenvalue weighted by atomic mass is 9.70. The summed E-state index contributed by atoms with van der Waals surface area (Å²) in [5.74, 6) is 1.03. The standard InChI is InChI=1S/C12H15BrN2O/c13-8-5-10-11(14-6-8)15-7-12(10)3-1-9(16)2-4-12/h5-6,9,16H,1-4,7H2,(H,14,15). The predicted octanol–water partition coefficient (Wildman–Crippen LogP) is 2.44. The first kappa shape index (κ1) is 10.5. The van der Waals surface area contributed by atoms with Crippen molar-refractivity contribution in [2.75, 3.05) is 11.9 Å². The fourth-order valence-corrected chi connectivity index (χ4v) is 3.27. The Hall–Kier alpha value is -0.610. The molecular formula is C12H15BrN2O. The highest BCUT2D eigenvalue weighted by molar-refractivity contribution is 9.10. The van der Waals surface area contributed by atoms with Crippen LogP contribution >= 0.6 is 15.9 Å². The highest BCUT2D eigenvalue weighted by atomic mass is 79.9. The maximum absolute atomic E-state index is 9.61. The molecule has 1 spiro atoms. The average molecular weight is 283 g/mol. The molecule has 0 atom stereocenters. The number of rotatable bonds is 0. The number of aliphatic hydroxyl groups excluding tert-OH is 1. The minimum atomic E-state index is -0.102. The SMILES string of the molecule is OC1CCC2(CC1)CNc1ncc(Br)cc12. The molecule has 1 aromatic heterocycles. The fourth-order valence-electron chi connectivity index (χ4n) is 2.93. The minimum Gasteiger partial charge on any atom is -0.393 e. The number of nitrogens with zero attached hydrogens (tertiary/aromatic N) is 1. The minimum absolute atomic E-state index is 0.102. The molecule has 0 bridgehead atoms. The quantitative estimate of drug-likeness (QED) is 0.768. The van der Waals surface area contributed by atoms with Crippen LogP contribution in [0.1, 0.15) is 31.2 Å². The Bertz CT molecular complexity index is 413. The van der Waals surface area contributed by atoms with Crippen LogP contribution in [0.15, 0.2) is 16.7 Å². The summed E-state index contributed by atoms with van der Waals surface area (Å²) in [6.07, 6.45) is 5.68. The molecule has 3 rings (SSSR count). The maximum Gasteiger partial charge on any atom is 0.129 e. The zero-order valence-electron chi connectivity index (χ0n) is 9.04. The van der Waals surface area contributed by atoms with E-state index in [1.165, 1.54) is 5.56 Å². The van der Waals surface area contributed by atoms with Crippen molar-refractivity contribution in [1.82, 2.24) is 4.98 Å². The highest BCUT2D eigenvalue weighted by Crippen LogP contribution is 2.46. The number of aliphatic hydroxyl groups is 1. The van der Waals surface area contributed by atoms with Crippen LogP contribution in [-0.2, 0) is 5.41 Å². The largest absolute Gasteiger partial charge is 0.393 e. The summed E-state index contributed by atoms with van der Waals surface area (Å²) in [5, 5.41) is 13.0. The van der Waals surface area contributed by atoms with Crippen LogP contribution in [0.4, 0.5) is 5.82 Å². The molecule has 1 fully saturated rings. The molecule has 2 heterocycles. The van der Waals surface area contributed by atoms with Gasteiger partial charge in [0, 0.05) is 28.2 Å². The second-order valence-corrected chi connectivity index (χ2v) is 5.83. The third-order valence-corrected chi connectivity index (χ3v) is 4.37. The Morgan fingerprint density at radius 2 is 2.19 bits per heavy atom. The van der Waals surface area contributed by atoms with Crippen molar-refractivity contribution in [1.29, 1.82) is 0 Å². The molecule has 3 nitrogen and oxygen atoms in total. The van der Waals surface area contributed by atoms with E-state index in [0.717, 1.165) is 42.5 Å². The van der Waals surface area contributed by atoms with Gasteiger partial charge in [0.15, 0.2) is 0 Å². The number of fused-ring (bicyclic) bond motifs is 2. The van der Waals surface area contributed by atoms with Crippen LogP contribution in [0.3, 0.4) is 0 Å². The van der Waals surface area contributed by atoms with E-state index in [4.69, 9.17) is 0 Å². The number of halogens is 1. The van der Waals surface area contributed by atoms with Crippen molar-refractivity contribution in [3.05, 3.63) is 22.3 Å². The third-order valence-electron chi connectivity index (χ3n) is 3.93. The Morgan fingerprint density at radius 3 is 2.94 bits per heavy atom. The molecule has 2 N–H and O–H groups in total. The summed E-state index contributed by atoms with van der Waals surface area (Å²) >= 11 is 3.49. The zero-order valence-corrected chi connectivity index (χ0v) is 10.6. The summed E-state index contributed by atoms with van der Waals surface area (Å²) in [4.78, 5) is 4.41. The van der Waals surface area contributed by atoms with Gasteiger partial charge in [-0.2, -0.15) is 0 Å². The van der Waals surface area contributed by atoms with Gasteiger partial charge >= 0.3 is 0 Å². The van der Waals surface area contributed by atoms with Crippen molar-refractivity contribution in [2.45, 2.75) is 37.2 Å². The Balaban J connectivity index is 1.98. The molecule has 0 aromatic carbocycles. The van der Waals surface area contributed by atoms with E-state index < -0.39 is 0 Å². The predicted molar refractivity (Wildman–Crippen MR) is 66.6 cm³/mol.